The first kappa shape index (κ1) is 14.7. The Morgan fingerprint density at radius 2 is 2.06 bits per heavy atom. The molecule has 4 nitrogen and oxygen atoms in total. The van der Waals surface area contributed by atoms with Gasteiger partial charge in [0.05, 0.1) is 10.4 Å². The van der Waals surface area contributed by atoms with Crippen molar-refractivity contribution in [1.29, 1.82) is 5.26 Å². The molecule has 1 N–H and O–H groups in total. The molecule has 1 rings (SSSR count). The number of halogens is 2. The molecule has 1 aromatic rings. The molecule has 0 fully saturated rings. The van der Waals surface area contributed by atoms with Crippen LogP contribution < -0.4 is 4.72 Å². The largest absolute Gasteiger partial charge is 0.244 e. The molecular weight excluding hydrogens is 303 g/mol. The number of thiophene rings is 1. The molecule has 1 heterocycles. The molecule has 1 atom stereocenters. The number of sulfonamides is 1. The molecule has 0 bridgehead atoms. The highest BCUT2D eigenvalue weighted by atomic mass is 35.5. The quantitative estimate of drug-likeness (QED) is 0.929. The van der Waals surface area contributed by atoms with Crippen molar-refractivity contribution in [3.05, 3.63) is 14.7 Å². The predicted molar refractivity (Wildman–Crippen MR) is 68.9 cm³/mol. The van der Waals surface area contributed by atoms with Crippen LogP contribution in [-0.4, -0.2) is 14.5 Å². The van der Waals surface area contributed by atoms with Crippen molar-refractivity contribution in [3.8, 4) is 6.07 Å². The van der Waals surface area contributed by atoms with Gasteiger partial charge in [0.1, 0.15) is 15.3 Å². The fraction of sp³-hybridized carbons (Fsp3) is 0.444. The minimum Gasteiger partial charge on any atom is -0.207 e. The molecule has 0 saturated carbocycles. The van der Waals surface area contributed by atoms with Gasteiger partial charge in [-0.05, 0) is 12.0 Å². The van der Waals surface area contributed by atoms with Gasteiger partial charge in [-0.25, -0.2) is 8.42 Å². The van der Waals surface area contributed by atoms with Crippen LogP contribution in [0, 0.1) is 17.2 Å². The molecule has 0 aliphatic rings. The first-order valence-corrected chi connectivity index (χ1v) is 7.70. The van der Waals surface area contributed by atoms with Gasteiger partial charge in [0.15, 0.2) is 0 Å². The highest BCUT2D eigenvalue weighted by Gasteiger charge is 2.25. The second-order valence-electron chi connectivity index (χ2n) is 3.66. The van der Waals surface area contributed by atoms with E-state index in [0.29, 0.717) is 0 Å². The molecule has 0 radical (unpaired) electrons. The van der Waals surface area contributed by atoms with Gasteiger partial charge in [0.25, 0.3) is 0 Å². The van der Waals surface area contributed by atoms with E-state index < -0.39 is 16.1 Å². The first-order chi connectivity index (χ1) is 7.77. The Hall–Kier alpha value is -0.320. The number of nitriles is 1. The summed E-state index contributed by atoms with van der Waals surface area (Å²) < 4.78 is 26.5. The zero-order chi connectivity index (χ0) is 13.2. The molecule has 0 aliphatic carbocycles. The van der Waals surface area contributed by atoms with Crippen molar-refractivity contribution >= 4 is 44.6 Å². The lowest BCUT2D eigenvalue weighted by Gasteiger charge is -2.14. The molecule has 8 heteroatoms. The second kappa shape index (κ2) is 5.55. The second-order valence-corrected chi connectivity index (χ2v) is 7.63. The average molecular weight is 313 g/mol. The van der Waals surface area contributed by atoms with Gasteiger partial charge in [-0.1, -0.05) is 37.0 Å². The lowest BCUT2D eigenvalue weighted by molar-refractivity contribution is 0.515. The summed E-state index contributed by atoms with van der Waals surface area (Å²) in [6.07, 6.45) is 0. The van der Waals surface area contributed by atoms with E-state index in [1.165, 1.54) is 6.07 Å². The summed E-state index contributed by atoms with van der Waals surface area (Å²) in [5, 5.41) is 8.85. The van der Waals surface area contributed by atoms with E-state index in [2.05, 4.69) is 4.72 Å². The van der Waals surface area contributed by atoms with Gasteiger partial charge >= 0.3 is 0 Å². The highest BCUT2D eigenvalue weighted by Crippen LogP contribution is 2.34. The number of nitrogens with one attached hydrogen (secondary N) is 1. The SMILES string of the molecule is CC(C)C(C#N)NS(=O)(=O)c1cc(Cl)sc1Cl. The number of hydrogen-bond donors (Lipinski definition) is 1. The fourth-order valence-electron chi connectivity index (χ4n) is 1.05. The van der Waals surface area contributed by atoms with Crippen LogP contribution in [0.2, 0.25) is 8.67 Å². The summed E-state index contributed by atoms with van der Waals surface area (Å²) in [5.41, 5.74) is 0. The number of nitrogens with zero attached hydrogens (tertiary/aromatic N) is 1. The summed E-state index contributed by atoms with van der Waals surface area (Å²) in [6.45, 7) is 3.50. The van der Waals surface area contributed by atoms with Crippen LogP contribution in [0.1, 0.15) is 13.8 Å². The van der Waals surface area contributed by atoms with Crippen LogP contribution in [0.25, 0.3) is 0 Å². The van der Waals surface area contributed by atoms with Gasteiger partial charge in [-0.15, -0.1) is 11.3 Å². The van der Waals surface area contributed by atoms with Crippen molar-refractivity contribution in [3.63, 3.8) is 0 Å². The lowest BCUT2D eigenvalue weighted by atomic mass is 10.1. The van der Waals surface area contributed by atoms with Crippen molar-refractivity contribution < 1.29 is 8.42 Å². The zero-order valence-corrected chi connectivity index (χ0v) is 12.2. The molecule has 94 valence electrons. The average Bonchev–Trinajstić information content (AvgIpc) is 2.54. The molecule has 17 heavy (non-hydrogen) atoms. The zero-order valence-electron chi connectivity index (χ0n) is 9.07. The van der Waals surface area contributed by atoms with E-state index in [9.17, 15) is 8.42 Å². The monoisotopic (exact) mass is 312 g/mol. The van der Waals surface area contributed by atoms with Crippen LogP contribution >= 0.6 is 34.5 Å². The van der Waals surface area contributed by atoms with E-state index in [1.807, 2.05) is 6.07 Å². The molecular formula is C9H10Cl2N2O2S2. The third-order valence-corrected chi connectivity index (χ3v) is 5.20. The lowest BCUT2D eigenvalue weighted by Crippen LogP contribution is -2.37. The Labute approximate surface area is 114 Å². The van der Waals surface area contributed by atoms with Crippen LogP contribution in [-0.2, 0) is 10.0 Å². The fourth-order valence-corrected chi connectivity index (χ4v) is 4.49. The van der Waals surface area contributed by atoms with Crippen LogP contribution in [0.5, 0.6) is 0 Å². The Balaban J connectivity index is 3.05. The van der Waals surface area contributed by atoms with E-state index in [4.69, 9.17) is 28.5 Å². The third kappa shape index (κ3) is 3.57. The van der Waals surface area contributed by atoms with Crippen LogP contribution in [0.15, 0.2) is 11.0 Å². The maximum Gasteiger partial charge on any atom is 0.244 e. The van der Waals surface area contributed by atoms with E-state index >= 15 is 0 Å². The van der Waals surface area contributed by atoms with E-state index in [-0.39, 0.29) is 19.5 Å². The summed E-state index contributed by atoms with van der Waals surface area (Å²) in [6, 6.07) is 2.36. The standard InChI is InChI=1S/C9H10Cl2N2O2S2/c1-5(2)6(4-12)13-17(14,15)7-3-8(10)16-9(7)11/h3,5-6,13H,1-2H3. The smallest absolute Gasteiger partial charge is 0.207 e. The molecule has 0 spiro atoms. The van der Waals surface area contributed by atoms with Crippen LogP contribution in [0.3, 0.4) is 0 Å². The van der Waals surface area contributed by atoms with Gasteiger partial charge in [0.2, 0.25) is 10.0 Å². The van der Waals surface area contributed by atoms with Gasteiger partial charge < -0.3 is 0 Å². The van der Waals surface area contributed by atoms with Gasteiger partial charge in [-0.2, -0.15) is 9.98 Å². The summed E-state index contributed by atoms with van der Waals surface area (Å²) in [5.74, 6) is -0.136. The van der Waals surface area contributed by atoms with Gasteiger partial charge in [-0.3, -0.25) is 0 Å². The van der Waals surface area contributed by atoms with Crippen molar-refractivity contribution in [2.24, 2.45) is 5.92 Å². The van der Waals surface area contributed by atoms with E-state index in [0.717, 1.165) is 11.3 Å². The van der Waals surface area contributed by atoms with Crippen LogP contribution in [0.4, 0.5) is 0 Å². The normalized spacial score (nSPS) is 13.6. The van der Waals surface area contributed by atoms with Crippen molar-refractivity contribution in [2.75, 3.05) is 0 Å². The molecule has 0 aromatic carbocycles. The summed E-state index contributed by atoms with van der Waals surface area (Å²) in [4.78, 5) is -0.0879. The Bertz CT molecular complexity index is 546. The molecule has 0 amide bonds. The molecule has 0 saturated heterocycles. The minimum absolute atomic E-state index is 0.0861. The topological polar surface area (TPSA) is 70.0 Å². The highest BCUT2D eigenvalue weighted by molar-refractivity contribution is 7.89. The first-order valence-electron chi connectivity index (χ1n) is 4.64. The maximum absolute atomic E-state index is 11.9. The molecule has 1 unspecified atom stereocenters. The number of rotatable bonds is 4. The Morgan fingerprint density at radius 1 is 1.47 bits per heavy atom. The van der Waals surface area contributed by atoms with Crippen molar-refractivity contribution in [1.82, 2.24) is 4.72 Å². The van der Waals surface area contributed by atoms with Crippen molar-refractivity contribution in [2.45, 2.75) is 24.8 Å². The maximum atomic E-state index is 11.9. The summed E-state index contributed by atoms with van der Waals surface area (Å²) in [7, 11) is -3.80. The number of hydrogen-bond acceptors (Lipinski definition) is 4. The minimum atomic E-state index is -3.80. The molecule has 0 aliphatic heterocycles. The molecule has 1 aromatic heterocycles. The van der Waals surface area contributed by atoms with Gasteiger partial charge in [0, 0.05) is 0 Å². The Morgan fingerprint density at radius 3 is 2.41 bits per heavy atom. The van der Waals surface area contributed by atoms with E-state index in [1.54, 1.807) is 13.8 Å². The summed E-state index contributed by atoms with van der Waals surface area (Å²) >= 11 is 12.4. The Kier molecular flexibility index (Phi) is 4.81. The predicted octanol–water partition coefficient (Wildman–Crippen LogP) is 2.88. The third-order valence-electron chi connectivity index (χ3n) is 2.00.